The number of hydrogen-bond acceptors (Lipinski definition) is 7. The highest BCUT2D eigenvalue weighted by atomic mass is 32.1. The molecule has 0 unspecified atom stereocenters. The zero-order valence-electron chi connectivity index (χ0n) is 13.3. The first-order chi connectivity index (χ1) is 11.8. The van der Waals surface area contributed by atoms with Gasteiger partial charge in [0.25, 0.3) is 0 Å². The van der Waals surface area contributed by atoms with Gasteiger partial charge in [-0.1, -0.05) is 42.7 Å². The van der Waals surface area contributed by atoms with Gasteiger partial charge in [0.05, 0.1) is 10.2 Å². The smallest absolute Gasteiger partial charge is 0.189 e. The lowest BCUT2D eigenvalue weighted by Gasteiger charge is -2.24. The number of nitrogen functional groups attached to an aromatic ring is 1. The standard InChI is InChI=1S/C17H20N6S/c18-14-15(21-11-6-2-1-3-7-11)19-10-20-16(14)23-17-22-12-8-4-5-9-13(12)24-17/h4-5,8-11H,1-3,6-7,18H2,(H2,19,20,21,22,23). The van der Waals surface area contributed by atoms with Crippen molar-refractivity contribution in [1.29, 1.82) is 0 Å². The number of nitrogens with two attached hydrogens (primary N) is 1. The van der Waals surface area contributed by atoms with Crippen LogP contribution in [0.3, 0.4) is 0 Å². The Balaban J connectivity index is 1.55. The summed E-state index contributed by atoms with van der Waals surface area (Å²) in [5.41, 5.74) is 7.78. The third-order valence-corrected chi connectivity index (χ3v) is 5.30. The van der Waals surface area contributed by atoms with Crippen molar-refractivity contribution in [3.8, 4) is 0 Å². The van der Waals surface area contributed by atoms with E-state index >= 15 is 0 Å². The number of fused-ring (bicyclic) bond motifs is 1. The first kappa shape index (κ1) is 15.1. The Morgan fingerprint density at radius 3 is 2.67 bits per heavy atom. The van der Waals surface area contributed by atoms with Crippen LogP contribution in [0.4, 0.5) is 22.5 Å². The van der Waals surface area contributed by atoms with Crippen molar-refractivity contribution in [3.05, 3.63) is 30.6 Å². The Bertz CT molecular complexity index is 807. The van der Waals surface area contributed by atoms with E-state index in [2.05, 4.69) is 31.7 Å². The van der Waals surface area contributed by atoms with Crippen molar-refractivity contribution in [1.82, 2.24) is 15.0 Å². The molecule has 3 aromatic rings. The van der Waals surface area contributed by atoms with Crippen LogP contribution in [-0.2, 0) is 0 Å². The molecular formula is C17H20N6S. The minimum absolute atomic E-state index is 0.450. The molecular weight excluding hydrogens is 320 g/mol. The number of thiazole rings is 1. The van der Waals surface area contributed by atoms with Gasteiger partial charge in [0.2, 0.25) is 0 Å². The highest BCUT2D eigenvalue weighted by Gasteiger charge is 2.17. The number of nitrogens with one attached hydrogen (secondary N) is 2. The molecule has 1 aliphatic rings. The van der Waals surface area contributed by atoms with Crippen LogP contribution in [0.5, 0.6) is 0 Å². The number of rotatable bonds is 4. The number of hydrogen-bond donors (Lipinski definition) is 3. The Morgan fingerprint density at radius 1 is 1.04 bits per heavy atom. The summed E-state index contributed by atoms with van der Waals surface area (Å²) in [4.78, 5) is 13.2. The summed E-state index contributed by atoms with van der Waals surface area (Å²) in [5.74, 6) is 1.31. The molecule has 7 heteroatoms. The van der Waals surface area contributed by atoms with Gasteiger partial charge in [-0.25, -0.2) is 15.0 Å². The molecule has 1 aliphatic carbocycles. The summed E-state index contributed by atoms with van der Waals surface area (Å²) in [5, 5.41) is 7.48. The largest absolute Gasteiger partial charge is 0.393 e. The van der Waals surface area contributed by atoms with E-state index in [0.717, 1.165) is 15.3 Å². The van der Waals surface area contributed by atoms with Gasteiger partial charge in [0.1, 0.15) is 12.0 Å². The van der Waals surface area contributed by atoms with Crippen molar-refractivity contribution < 1.29 is 0 Å². The minimum Gasteiger partial charge on any atom is -0.393 e. The van der Waals surface area contributed by atoms with Crippen LogP contribution in [0.1, 0.15) is 32.1 Å². The molecule has 0 amide bonds. The van der Waals surface area contributed by atoms with Crippen molar-refractivity contribution in [2.24, 2.45) is 0 Å². The van der Waals surface area contributed by atoms with E-state index < -0.39 is 0 Å². The summed E-state index contributed by atoms with van der Waals surface area (Å²) in [7, 11) is 0. The number of benzene rings is 1. The molecule has 124 valence electrons. The van der Waals surface area contributed by atoms with E-state index in [1.54, 1.807) is 11.3 Å². The molecule has 0 saturated heterocycles. The molecule has 0 spiro atoms. The van der Waals surface area contributed by atoms with Crippen LogP contribution in [-0.4, -0.2) is 21.0 Å². The van der Waals surface area contributed by atoms with Gasteiger partial charge in [-0.2, -0.15) is 0 Å². The predicted molar refractivity (Wildman–Crippen MR) is 99.8 cm³/mol. The molecule has 2 aromatic heterocycles. The maximum absolute atomic E-state index is 6.27. The fraction of sp³-hybridized carbons (Fsp3) is 0.353. The lowest BCUT2D eigenvalue weighted by atomic mass is 9.95. The van der Waals surface area contributed by atoms with E-state index in [-0.39, 0.29) is 0 Å². The maximum Gasteiger partial charge on any atom is 0.189 e. The molecule has 0 bridgehead atoms. The zero-order chi connectivity index (χ0) is 16.4. The topological polar surface area (TPSA) is 88.8 Å². The summed E-state index contributed by atoms with van der Waals surface area (Å²) in [6.07, 6.45) is 7.73. The average Bonchev–Trinajstić information content (AvgIpc) is 3.02. The van der Waals surface area contributed by atoms with Gasteiger partial charge >= 0.3 is 0 Å². The van der Waals surface area contributed by atoms with Crippen LogP contribution in [0.15, 0.2) is 30.6 Å². The summed E-state index contributed by atoms with van der Waals surface area (Å²) < 4.78 is 1.13. The molecule has 1 aromatic carbocycles. The van der Waals surface area contributed by atoms with Gasteiger partial charge in [-0.3, -0.25) is 0 Å². The molecule has 0 aliphatic heterocycles. The predicted octanol–water partition coefficient (Wildman–Crippen LogP) is 4.16. The van der Waals surface area contributed by atoms with Crippen LogP contribution < -0.4 is 16.4 Å². The van der Waals surface area contributed by atoms with Gasteiger partial charge in [-0.05, 0) is 25.0 Å². The molecule has 0 radical (unpaired) electrons. The van der Waals surface area contributed by atoms with E-state index in [1.807, 2.05) is 18.2 Å². The van der Waals surface area contributed by atoms with E-state index in [9.17, 15) is 0 Å². The third-order valence-electron chi connectivity index (χ3n) is 4.35. The number of nitrogens with zero attached hydrogens (tertiary/aromatic N) is 3. The fourth-order valence-corrected chi connectivity index (χ4v) is 3.94. The van der Waals surface area contributed by atoms with Crippen molar-refractivity contribution in [2.75, 3.05) is 16.4 Å². The molecule has 24 heavy (non-hydrogen) atoms. The lowest BCUT2D eigenvalue weighted by molar-refractivity contribution is 0.462. The number of anilines is 4. The molecule has 6 nitrogen and oxygen atoms in total. The molecule has 1 fully saturated rings. The molecule has 0 atom stereocenters. The SMILES string of the molecule is Nc1c(Nc2nc3ccccc3s2)ncnc1NC1CCCCC1. The van der Waals surface area contributed by atoms with Crippen LogP contribution in [0.2, 0.25) is 0 Å². The minimum atomic E-state index is 0.450. The number of aromatic nitrogens is 3. The van der Waals surface area contributed by atoms with Crippen molar-refractivity contribution in [2.45, 2.75) is 38.1 Å². The van der Waals surface area contributed by atoms with E-state index in [0.29, 0.717) is 23.4 Å². The quantitative estimate of drug-likeness (QED) is 0.661. The highest BCUT2D eigenvalue weighted by molar-refractivity contribution is 7.22. The monoisotopic (exact) mass is 340 g/mol. The normalized spacial score (nSPS) is 15.5. The first-order valence-electron chi connectivity index (χ1n) is 8.29. The van der Waals surface area contributed by atoms with Crippen molar-refractivity contribution >= 4 is 44.0 Å². The zero-order valence-corrected chi connectivity index (χ0v) is 14.1. The molecule has 2 heterocycles. The van der Waals surface area contributed by atoms with Gasteiger partial charge < -0.3 is 16.4 Å². The third kappa shape index (κ3) is 3.12. The second-order valence-electron chi connectivity index (χ2n) is 6.08. The second kappa shape index (κ2) is 6.60. The van der Waals surface area contributed by atoms with Gasteiger partial charge in [0.15, 0.2) is 16.8 Å². The van der Waals surface area contributed by atoms with E-state index in [1.165, 1.54) is 38.4 Å². The summed E-state index contributed by atoms with van der Waals surface area (Å²) >= 11 is 1.58. The van der Waals surface area contributed by atoms with Gasteiger partial charge in [0, 0.05) is 6.04 Å². The Labute approximate surface area is 144 Å². The Morgan fingerprint density at radius 2 is 1.83 bits per heavy atom. The Hall–Kier alpha value is -2.41. The summed E-state index contributed by atoms with van der Waals surface area (Å²) in [6.45, 7) is 0. The van der Waals surface area contributed by atoms with Crippen LogP contribution >= 0.6 is 11.3 Å². The average molecular weight is 340 g/mol. The summed E-state index contributed by atoms with van der Waals surface area (Å²) in [6, 6.07) is 8.49. The Kier molecular flexibility index (Phi) is 4.17. The molecule has 1 saturated carbocycles. The van der Waals surface area contributed by atoms with Gasteiger partial charge in [-0.15, -0.1) is 0 Å². The van der Waals surface area contributed by atoms with E-state index in [4.69, 9.17) is 5.73 Å². The highest BCUT2D eigenvalue weighted by Crippen LogP contribution is 2.32. The second-order valence-corrected chi connectivity index (χ2v) is 7.11. The first-order valence-corrected chi connectivity index (χ1v) is 9.11. The molecule has 4 N–H and O–H groups in total. The van der Waals surface area contributed by atoms with Crippen LogP contribution in [0.25, 0.3) is 10.2 Å². The fourth-order valence-electron chi connectivity index (χ4n) is 3.08. The van der Waals surface area contributed by atoms with Crippen LogP contribution in [0, 0.1) is 0 Å². The maximum atomic E-state index is 6.27. The molecule has 4 rings (SSSR count). The number of para-hydroxylation sites is 1. The lowest BCUT2D eigenvalue weighted by Crippen LogP contribution is -2.23. The van der Waals surface area contributed by atoms with Crippen molar-refractivity contribution in [3.63, 3.8) is 0 Å².